The summed E-state index contributed by atoms with van der Waals surface area (Å²) in [4.78, 5) is 14.2. The van der Waals surface area contributed by atoms with Crippen LogP contribution in [0.3, 0.4) is 0 Å². The van der Waals surface area contributed by atoms with Crippen LogP contribution in [-0.2, 0) is 14.8 Å². The van der Waals surface area contributed by atoms with Crippen molar-refractivity contribution in [3.63, 3.8) is 0 Å². The molecule has 1 aliphatic heterocycles. The van der Waals surface area contributed by atoms with Gasteiger partial charge < -0.3 is 14.7 Å². The third kappa shape index (κ3) is 4.47. The van der Waals surface area contributed by atoms with Crippen LogP contribution in [0.1, 0.15) is 31.2 Å². The number of amides is 1. The van der Waals surface area contributed by atoms with E-state index in [-0.39, 0.29) is 34.7 Å². The Bertz CT molecular complexity index is 649. The predicted octanol–water partition coefficient (Wildman–Crippen LogP) is 0.590. The van der Waals surface area contributed by atoms with E-state index in [1.54, 1.807) is 18.7 Å². The van der Waals surface area contributed by atoms with Crippen molar-refractivity contribution < 1.29 is 17.7 Å². The third-order valence-electron chi connectivity index (χ3n) is 4.15. The van der Waals surface area contributed by atoms with Gasteiger partial charge in [0.1, 0.15) is 10.6 Å². The Labute approximate surface area is 148 Å². The molecule has 1 atom stereocenters. The molecule has 8 nitrogen and oxygen atoms in total. The minimum Gasteiger partial charge on any atom is -0.360 e. The van der Waals surface area contributed by atoms with Gasteiger partial charge in [-0.05, 0) is 40.7 Å². The van der Waals surface area contributed by atoms with Crippen LogP contribution >= 0.6 is 12.4 Å². The molecule has 24 heavy (non-hydrogen) atoms. The number of likely N-dealkylation sites (tertiary alicyclic amines) is 1. The normalized spacial score (nSPS) is 17.4. The smallest absolute Gasteiger partial charge is 0.246 e. The molecule has 2 N–H and O–H groups in total. The van der Waals surface area contributed by atoms with Crippen LogP contribution in [0.2, 0.25) is 0 Å². The van der Waals surface area contributed by atoms with Gasteiger partial charge in [0, 0.05) is 19.1 Å². The first kappa shape index (κ1) is 20.9. The Morgan fingerprint density at radius 3 is 2.38 bits per heavy atom. The molecule has 0 radical (unpaired) electrons. The Morgan fingerprint density at radius 2 is 1.92 bits per heavy atom. The number of rotatable bonds is 5. The van der Waals surface area contributed by atoms with Crippen LogP contribution in [-0.4, -0.2) is 56.6 Å². The molecule has 2 rings (SSSR count). The number of hydrogen-bond donors (Lipinski definition) is 2. The third-order valence-corrected chi connectivity index (χ3v) is 5.94. The van der Waals surface area contributed by atoms with Gasteiger partial charge in [-0.2, -0.15) is 4.72 Å². The zero-order valence-electron chi connectivity index (χ0n) is 14.3. The molecule has 0 aliphatic carbocycles. The van der Waals surface area contributed by atoms with Crippen molar-refractivity contribution >= 4 is 28.3 Å². The zero-order valence-corrected chi connectivity index (χ0v) is 16.0. The number of aromatic nitrogens is 1. The molecule has 0 aromatic carbocycles. The maximum Gasteiger partial charge on any atom is 0.246 e. The summed E-state index contributed by atoms with van der Waals surface area (Å²) in [6.07, 6.45) is 1.73. The lowest BCUT2D eigenvalue weighted by Gasteiger charge is -2.33. The summed E-state index contributed by atoms with van der Waals surface area (Å²) >= 11 is 0. The second kappa shape index (κ2) is 8.28. The van der Waals surface area contributed by atoms with Crippen LogP contribution in [0.4, 0.5) is 0 Å². The first-order valence-corrected chi connectivity index (χ1v) is 9.16. The fraction of sp³-hybridized carbons (Fsp3) is 0.714. The number of hydrogen-bond acceptors (Lipinski definition) is 6. The Balaban J connectivity index is 0.00000288. The molecular weight excluding hydrogens is 356 g/mol. The number of piperidine rings is 1. The molecular formula is C14H25ClN4O4S. The second-order valence-electron chi connectivity index (χ2n) is 5.88. The largest absolute Gasteiger partial charge is 0.360 e. The summed E-state index contributed by atoms with van der Waals surface area (Å²) in [6.45, 7) is 5.90. The van der Waals surface area contributed by atoms with Gasteiger partial charge in [-0.1, -0.05) is 5.16 Å². The molecule has 138 valence electrons. The fourth-order valence-corrected chi connectivity index (χ4v) is 4.39. The van der Waals surface area contributed by atoms with E-state index in [4.69, 9.17) is 4.52 Å². The lowest BCUT2D eigenvalue weighted by molar-refractivity contribution is -0.133. The quantitative estimate of drug-likeness (QED) is 0.774. The SMILES string of the molecule is CNC1CCN(C(=O)C(C)NS(=O)(=O)c2c(C)noc2C)CC1.Cl. The molecule has 0 bridgehead atoms. The average Bonchev–Trinajstić information content (AvgIpc) is 2.85. The van der Waals surface area contributed by atoms with Crippen LogP contribution in [0, 0.1) is 13.8 Å². The van der Waals surface area contributed by atoms with Crippen molar-refractivity contribution in [1.82, 2.24) is 20.1 Å². The van der Waals surface area contributed by atoms with Gasteiger partial charge in [0.25, 0.3) is 0 Å². The number of halogens is 1. The van der Waals surface area contributed by atoms with E-state index in [1.807, 2.05) is 7.05 Å². The highest BCUT2D eigenvalue weighted by Crippen LogP contribution is 2.19. The maximum atomic E-state index is 12.4. The van der Waals surface area contributed by atoms with Gasteiger partial charge in [0.2, 0.25) is 15.9 Å². The van der Waals surface area contributed by atoms with Gasteiger partial charge in [-0.25, -0.2) is 8.42 Å². The first-order chi connectivity index (χ1) is 10.8. The molecule has 1 saturated heterocycles. The van der Waals surface area contributed by atoms with Gasteiger partial charge >= 0.3 is 0 Å². The van der Waals surface area contributed by atoms with Gasteiger partial charge in [-0.3, -0.25) is 4.79 Å². The number of carbonyl (C=O) groups is 1. The summed E-state index contributed by atoms with van der Waals surface area (Å²) in [7, 11) is -1.94. The van der Waals surface area contributed by atoms with E-state index in [1.165, 1.54) is 6.92 Å². The number of aryl methyl sites for hydroxylation is 2. The molecule has 1 unspecified atom stereocenters. The van der Waals surface area contributed by atoms with Gasteiger partial charge in [0.15, 0.2) is 5.76 Å². The Morgan fingerprint density at radius 1 is 1.33 bits per heavy atom. The van der Waals surface area contributed by atoms with Crippen molar-refractivity contribution in [2.75, 3.05) is 20.1 Å². The van der Waals surface area contributed by atoms with Crippen molar-refractivity contribution in [3.8, 4) is 0 Å². The zero-order chi connectivity index (χ0) is 17.2. The number of carbonyl (C=O) groups excluding carboxylic acids is 1. The van der Waals surface area contributed by atoms with Crippen molar-refractivity contribution in [3.05, 3.63) is 11.5 Å². The van der Waals surface area contributed by atoms with Crippen molar-refractivity contribution in [2.24, 2.45) is 0 Å². The summed E-state index contributed by atoms with van der Waals surface area (Å²) in [5.41, 5.74) is 0.282. The fourth-order valence-electron chi connectivity index (χ4n) is 2.86. The molecule has 0 spiro atoms. The minimum absolute atomic E-state index is 0. The standard InChI is InChI=1S/C14H24N4O4S.ClH/c1-9-13(11(3)22-16-9)23(20,21)17-10(2)14(19)18-7-5-12(15-4)6-8-18;/h10,12,15,17H,5-8H2,1-4H3;1H. The second-order valence-corrected chi connectivity index (χ2v) is 7.54. The minimum atomic E-state index is -3.84. The molecule has 0 saturated carbocycles. The van der Waals surface area contributed by atoms with Crippen molar-refractivity contribution in [1.29, 1.82) is 0 Å². The highest BCUT2D eigenvalue weighted by molar-refractivity contribution is 7.89. The maximum absolute atomic E-state index is 12.4. The van der Waals surface area contributed by atoms with Crippen LogP contribution in [0.5, 0.6) is 0 Å². The molecule has 10 heteroatoms. The number of nitrogens with zero attached hydrogens (tertiary/aromatic N) is 2. The molecule has 1 aromatic heterocycles. The Kier molecular flexibility index (Phi) is 7.21. The lowest BCUT2D eigenvalue weighted by Crippen LogP contribution is -2.51. The van der Waals surface area contributed by atoms with Crippen LogP contribution in [0.25, 0.3) is 0 Å². The predicted molar refractivity (Wildman–Crippen MR) is 91.7 cm³/mol. The van der Waals surface area contributed by atoms with Gasteiger partial charge in [0.05, 0.1) is 6.04 Å². The molecule has 1 amide bonds. The highest BCUT2D eigenvalue weighted by atomic mass is 35.5. The van der Waals surface area contributed by atoms with E-state index < -0.39 is 16.1 Å². The first-order valence-electron chi connectivity index (χ1n) is 7.67. The monoisotopic (exact) mass is 380 g/mol. The molecule has 1 aliphatic rings. The lowest BCUT2D eigenvalue weighted by atomic mass is 10.0. The molecule has 2 heterocycles. The summed E-state index contributed by atoms with van der Waals surface area (Å²) < 4.78 is 32.2. The summed E-state index contributed by atoms with van der Waals surface area (Å²) in [5.74, 6) is -0.000582. The topological polar surface area (TPSA) is 105 Å². The van der Waals surface area contributed by atoms with E-state index in [9.17, 15) is 13.2 Å². The van der Waals surface area contributed by atoms with Crippen LogP contribution in [0.15, 0.2) is 9.42 Å². The molecule has 1 aromatic rings. The number of nitrogens with one attached hydrogen (secondary N) is 2. The van der Waals surface area contributed by atoms with Crippen molar-refractivity contribution in [2.45, 2.75) is 50.6 Å². The van der Waals surface area contributed by atoms with E-state index in [0.29, 0.717) is 19.1 Å². The summed E-state index contributed by atoms with van der Waals surface area (Å²) in [5, 5.41) is 6.84. The average molecular weight is 381 g/mol. The summed E-state index contributed by atoms with van der Waals surface area (Å²) in [6, 6.07) is -0.423. The van der Waals surface area contributed by atoms with E-state index >= 15 is 0 Å². The number of sulfonamides is 1. The van der Waals surface area contributed by atoms with E-state index in [0.717, 1.165) is 12.8 Å². The van der Waals surface area contributed by atoms with Gasteiger partial charge in [-0.15, -0.1) is 12.4 Å². The van der Waals surface area contributed by atoms with Crippen LogP contribution < -0.4 is 10.0 Å². The van der Waals surface area contributed by atoms with E-state index in [2.05, 4.69) is 15.2 Å². The Hall–Kier alpha value is -1.16. The molecule has 1 fully saturated rings. The highest BCUT2D eigenvalue weighted by Gasteiger charge is 2.31.